The lowest BCUT2D eigenvalue weighted by atomic mass is 9.83. The van der Waals surface area contributed by atoms with Crippen molar-refractivity contribution < 1.29 is 12.8 Å². The Kier molecular flexibility index (Phi) is 3.82. The molecule has 132 valence electrons. The maximum atomic E-state index is 12.6. The van der Waals surface area contributed by atoms with Gasteiger partial charge in [-0.15, -0.1) is 5.10 Å². The molecule has 0 unspecified atom stereocenters. The van der Waals surface area contributed by atoms with Crippen molar-refractivity contribution in [2.75, 3.05) is 0 Å². The predicted molar refractivity (Wildman–Crippen MR) is 88.9 cm³/mol. The molecule has 1 saturated carbocycles. The number of hydrogen-bond acceptors (Lipinski definition) is 7. The van der Waals surface area contributed by atoms with E-state index in [1.807, 2.05) is 12.3 Å². The summed E-state index contributed by atoms with van der Waals surface area (Å²) < 4.78 is 32.2. The largest absolute Gasteiger partial charge is 0.413 e. The third-order valence-corrected chi connectivity index (χ3v) is 6.97. The van der Waals surface area contributed by atoms with Gasteiger partial charge in [-0.1, -0.05) is 5.10 Å². The van der Waals surface area contributed by atoms with Crippen LogP contribution in [0.4, 0.5) is 0 Å². The van der Waals surface area contributed by atoms with Crippen LogP contribution in [0.25, 0.3) is 5.65 Å². The highest BCUT2D eigenvalue weighted by Gasteiger charge is 2.36. The van der Waals surface area contributed by atoms with Crippen LogP contribution in [0.5, 0.6) is 0 Å². The Morgan fingerprint density at radius 3 is 2.60 bits per heavy atom. The second kappa shape index (κ2) is 5.91. The minimum absolute atomic E-state index is 0.256. The van der Waals surface area contributed by atoms with E-state index in [9.17, 15) is 8.42 Å². The molecule has 1 fully saturated rings. The number of aromatic nitrogens is 5. The van der Waals surface area contributed by atoms with Crippen molar-refractivity contribution in [3.63, 3.8) is 0 Å². The number of sulfone groups is 1. The SMILES string of the molecule is Cc1nnc(S(=O)(=O)[C@H]2CC[C@@H](c3cn4ncnc4cc3C)CC2)o1. The maximum absolute atomic E-state index is 12.6. The Labute approximate surface area is 145 Å². The molecule has 25 heavy (non-hydrogen) atoms. The summed E-state index contributed by atoms with van der Waals surface area (Å²) in [5.41, 5.74) is 3.20. The van der Waals surface area contributed by atoms with Gasteiger partial charge in [-0.25, -0.2) is 17.9 Å². The Morgan fingerprint density at radius 2 is 1.92 bits per heavy atom. The molecule has 0 bridgehead atoms. The fourth-order valence-corrected chi connectivity index (χ4v) is 5.19. The molecular weight excluding hydrogens is 342 g/mol. The van der Waals surface area contributed by atoms with Crippen molar-refractivity contribution in [3.8, 4) is 0 Å². The minimum atomic E-state index is -3.55. The van der Waals surface area contributed by atoms with E-state index in [-0.39, 0.29) is 11.1 Å². The van der Waals surface area contributed by atoms with Gasteiger partial charge in [0.25, 0.3) is 0 Å². The van der Waals surface area contributed by atoms with Gasteiger partial charge in [0.15, 0.2) is 5.65 Å². The van der Waals surface area contributed by atoms with Gasteiger partial charge in [0.05, 0.1) is 5.25 Å². The van der Waals surface area contributed by atoms with E-state index in [1.54, 1.807) is 11.4 Å². The van der Waals surface area contributed by atoms with Gasteiger partial charge in [0.2, 0.25) is 15.7 Å². The van der Waals surface area contributed by atoms with Gasteiger partial charge in [-0.2, -0.15) is 5.10 Å². The third-order valence-electron chi connectivity index (χ3n) is 4.97. The lowest BCUT2D eigenvalue weighted by Gasteiger charge is -2.28. The molecular formula is C16H19N5O3S. The molecule has 3 aromatic rings. The molecule has 0 aliphatic heterocycles. The highest BCUT2D eigenvalue weighted by atomic mass is 32.2. The van der Waals surface area contributed by atoms with Crippen LogP contribution in [-0.4, -0.2) is 38.5 Å². The Balaban J connectivity index is 1.53. The third kappa shape index (κ3) is 2.82. The molecule has 3 heterocycles. The maximum Gasteiger partial charge on any atom is 0.335 e. The van der Waals surface area contributed by atoms with E-state index in [0.717, 1.165) is 18.5 Å². The number of pyridine rings is 1. The summed E-state index contributed by atoms with van der Waals surface area (Å²) in [6, 6.07) is 2.02. The number of nitrogens with zero attached hydrogens (tertiary/aromatic N) is 5. The first-order chi connectivity index (χ1) is 11.9. The summed E-state index contributed by atoms with van der Waals surface area (Å²) in [5, 5.41) is 10.8. The number of hydrogen-bond donors (Lipinski definition) is 0. The fraction of sp³-hybridized carbons (Fsp3) is 0.500. The van der Waals surface area contributed by atoms with Crippen LogP contribution in [0.2, 0.25) is 0 Å². The molecule has 0 amide bonds. The van der Waals surface area contributed by atoms with E-state index < -0.39 is 15.1 Å². The van der Waals surface area contributed by atoms with Gasteiger partial charge in [0, 0.05) is 13.1 Å². The molecule has 9 heteroatoms. The van der Waals surface area contributed by atoms with Crippen LogP contribution >= 0.6 is 0 Å². The first-order valence-corrected chi connectivity index (χ1v) is 9.83. The molecule has 1 aliphatic carbocycles. The van der Waals surface area contributed by atoms with Crippen LogP contribution in [0.15, 0.2) is 28.2 Å². The first kappa shape index (κ1) is 16.2. The summed E-state index contributed by atoms with van der Waals surface area (Å²) in [5.74, 6) is 0.591. The lowest BCUT2D eigenvalue weighted by Crippen LogP contribution is -2.27. The zero-order valence-electron chi connectivity index (χ0n) is 14.1. The normalized spacial score (nSPS) is 21.7. The van der Waals surface area contributed by atoms with E-state index in [0.29, 0.717) is 18.8 Å². The zero-order chi connectivity index (χ0) is 17.6. The monoisotopic (exact) mass is 361 g/mol. The highest BCUT2D eigenvalue weighted by Crippen LogP contribution is 2.38. The second-order valence-electron chi connectivity index (χ2n) is 6.58. The van der Waals surface area contributed by atoms with Crippen LogP contribution < -0.4 is 0 Å². The summed E-state index contributed by atoms with van der Waals surface area (Å²) in [6.45, 7) is 3.65. The average Bonchev–Trinajstić information content (AvgIpc) is 3.23. The Hall–Kier alpha value is -2.29. The van der Waals surface area contributed by atoms with E-state index in [2.05, 4.69) is 27.2 Å². The second-order valence-corrected chi connectivity index (χ2v) is 8.69. The van der Waals surface area contributed by atoms with Gasteiger partial charge < -0.3 is 4.42 Å². The molecule has 4 rings (SSSR count). The molecule has 0 N–H and O–H groups in total. The van der Waals surface area contributed by atoms with Gasteiger partial charge in [-0.05, 0) is 55.7 Å². The standard InChI is InChI=1S/C16H19N5O3S/c1-10-7-15-17-9-18-21(15)8-14(10)12-3-5-13(6-4-12)25(22,23)16-20-19-11(2)24-16/h7-9,12-13H,3-6H2,1-2H3/t12-,13+. The van der Waals surface area contributed by atoms with Gasteiger partial charge >= 0.3 is 5.22 Å². The predicted octanol–water partition coefficient (Wildman–Crippen LogP) is 2.23. The van der Waals surface area contributed by atoms with Crippen LogP contribution in [0.3, 0.4) is 0 Å². The topological polar surface area (TPSA) is 103 Å². The Morgan fingerprint density at radius 1 is 1.16 bits per heavy atom. The van der Waals surface area contributed by atoms with E-state index >= 15 is 0 Å². The van der Waals surface area contributed by atoms with Gasteiger partial charge in [0.1, 0.15) is 6.33 Å². The lowest BCUT2D eigenvalue weighted by molar-refractivity contribution is 0.390. The molecule has 0 atom stereocenters. The smallest absolute Gasteiger partial charge is 0.335 e. The summed E-state index contributed by atoms with van der Waals surface area (Å²) in [7, 11) is -3.55. The molecule has 3 aromatic heterocycles. The van der Waals surface area contributed by atoms with Crippen molar-refractivity contribution >= 4 is 15.5 Å². The summed E-state index contributed by atoms with van der Waals surface area (Å²) in [6.07, 6.45) is 6.33. The van der Waals surface area contributed by atoms with E-state index in [1.165, 1.54) is 17.5 Å². The average molecular weight is 361 g/mol. The zero-order valence-corrected chi connectivity index (χ0v) is 14.9. The van der Waals surface area contributed by atoms with Crippen LogP contribution in [-0.2, 0) is 9.84 Å². The molecule has 1 aliphatic rings. The van der Waals surface area contributed by atoms with Crippen molar-refractivity contribution in [3.05, 3.63) is 35.6 Å². The van der Waals surface area contributed by atoms with Crippen molar-refractivity contribution in [1.29, 1.82) is 0 Å². The highest BCUT2D eigenvalue weighted by molar-refractivity contribution is 7.91. The summed E-state index contributed by atoms with van der Waals surface area (Å²) in [4.78, 5) is 4.19. The number of aryl methyl sites for hydroxylation is 2. The Bertz CT molecular complexity index is 1020. The number of rotatable bonds is 3. The molecule has 8 nitrogen and oxygen atoms in total. The van der Waals surface area contributed by atoms with Crippen molar-refractivity contribution in [1.82, 2.24) is 24.8 Å². The first-order valence-electron chi connectivity index (χ1n) is 8.29. The minimum Gasteiger partial charge on any atom is -0.413 e. The fourth-order valence-electron chi connectivity index (χ4n) is 3.62. The molecule has 0 radical (unpaired) electrons. The van der Waals surface area contributed by atoms with Gasteiger partial charge in [-0.3, -0.25) is 0 Å². The van der Waals surface area contributed by atoms with E-state index in [4.69, 9.17) is 4.42 Å². The van der Waals surface area contributed by atoms with Crippen molar-refractivity contribution in [2.24, 2.45) is 0 Å². The molecule has 0 saturated heterocycles. The molecule has 0 aromatic carbocycles. The van der Waals surface area contributed by atoms with Crippen molar-refractivity contribution in [2.45, 2.75) is 55.9 Å². The molecule has 0 spiro atoms. The summed E-state index contributed by atoms with van der Waals surface area (Å²) >= 11 is 0. The van der Waals surface area contributed by atoms with Crippen LogP contribution in [0.1, 0.15) is 48.6 Å². The van der Waals surface area contributed by atoms with Crippen LogP contribution in [0, 0.1) is 13.8 Å². The number of fused-ring (bicyclic) bond motifs is 1. The quantitative estimate of drug-likeness (QED) is 0.704.